The van der Waals surface area contributed by atoms with Crippen molar-refractivity contribution in [3.05, 3.63) is 0 Å². The highest BCUT2D eigenvalue weighted by Crippen LogP contribution is 2.25. The van der Waals surface area contributed by atoms with Gasteiger partial charge in [0.05, 0.1) is 0 Å². The van der Waals surface area contributed by atoms with Crippen molar-refractivity contribution in [1.29, 1.82) is 0 Å². The molecule has 0 amide bonds. The van der Waals surface area contributed by atoms with Crippen molar-refractivity contribution in [2.24, 2.45) is 0 Å². The molecule has 1 fully saturated rings. The Morgan fingerprint density at radius 1 is 0.917 bits per heavy atom. The van der Waals surface area contributed by atoms with Crippen molar-refractivity contribution < 1.29 is 4.12 Å². The van der Waals surface area contributed by atoms with Gasteiger partial charge in [-0.2, -0.15) is 0 Å². The smallest absolute Gasteiger partial charge is 0.229 e. The summed E-state index contributed by atoms with van der Waals surface area (Å²) in [4.78, 5) is 0. The molecule has 1 rings (SSSR count). The van der Waals surface area contributed by atoms with Crippen molar-refractivity contribution in [3.8, 4) is 0 Å². The number of hydrogen-bond acceptors (Lipinski definition) is 1. The SMILES string of the molecule is [Si]O[Si]C1CCCCCCCC1. The summed E-state index contributed by atoms with van der Waals surface area (Å²) < 4.78 is 5.05. The Balaban J connectivity index is 2.19. The molecule has 0 atom stereocenters. The van der Waals surface area contributed by atoms with Crippen molar-refractivity contribution in [2.45, 2.75) is 56.9 Å². The lowest BCUT2D eigenvalue weighted by atomic mass is 10.1. The number of hydrogen-bond donors (Lipinski definition) is 0. The average molecular weight is 197 g/mol. The van der Waals surface area contributed by atoms with Crippen molar-refractivity contribution in [2.75, 3.05) is 0 Å². The van der Waals surface area contributed by atoms with Crippen LogP contribution in [0.3, 0.4) is 0 Å². The molecule has 0 spiro atoms. The van der Waals surface area contributed by atoms with Gasteiger partial charge < -0.3 is 4.12 Å². The zero-order valence-electron chi connectivity index (χ0n) is 7.64. The van der Waals surface area contributed by atoms with Gasteiger partial charge in [-0.25, -0.2) is 0 Å². The standard InChI is InChI=1S/C9H17OSi2/c11-10-12-9-7-5-3-1-2-4-6-8-9/h9H,1-8H2. The fourth-order valence-corrected chi connectivity index (χ4v) is 3.14. The third-order valence-electron chi connectivity index (χ3n) is 2.58. The molecule has 1 nitrogen and oxygen atoms in total. The lowest BCUT2D eigenvalue weighted by Crippen LogP contribution is -2.06. The van der Waals surface area contributed by atoms with E-state index in [1.807, 2.05) is 0 Å². The molecule has 0 bridgehead atoms. The zero-order valence-corrected chi connectivity index (χ0v) is 9.64. The summed E-state index contributed by atoms with van der Waals surface area (Å²) in [6.07, 6.45) is 11.3. The third-order valence-corrected chi connectivity index (χ3v) is 3.96. The normalized spacial score (nSPS) is 22.8. The van der Waals surface area contributed by atoms with E-state index in [9.17, 15) is 0 Å². The van der Waals surface area contributed by atoms with Crippen LogP contribution in [0.4, 0.5) is 0 Å². The molecule has 12 heavy (non-hydrogen) atoms. The predicted octanol–water partition coefficient (Wildman–Crippen LogP) is 2.63. The van der Waals surface area contributed by atoms with Crippen LogP contribution in [0.15, 0.2) is 0 Å². The summed E-state index contributed by atoms with van der Waals surface area (Å²) in [6, 6.07) is 0. The minimum absolute atomic E-state index is 0.667. The molecule has 0 aromatic heterocycles. The van der Waals surface area contributed by atoms with Gasteiger partial charge in [-0.05, 0) is 5.54 Å². The van der Waals surface area contributed by atoms with Gasteiger partial charge in [0.2, 0.25) is 20.2 Å². The van der Waals surface area contributed by atoms with E-state index in [-0.39, 0.29) is 0 Å². The summed E-state index contributed by atoms with van der Waals surface area (Å²) in [5.41, 5.74) is 0.834. The maximum absolute atomic E-state index is 5.05. The molecule has 67 valence electrons. The van der Waals surface area contributed by atoms with Gasteiger partial charge in [0.1, 0.15) is 0 Å². The van der Waals surface area contributed by atoms with Crippen LogP contribution in [0.2, 0.25) is 5.54 Å². The molecule has 0 N–H and O–H groups in total. The lowest BCUT2D eigenvalue weighted by Gasteiger charge is -2.12. The predicted molar refractivity (Wildman–Crippen MR) is 53.3 cm³/mol. The second-order valence-corrected chi connectivity index (χ2v) is 5.48. The third kappa shape index (κ3) is 4.43. The quantitative estimate of drug-likeness (QED) is 0.618. The minimum atomic E-state index is 0.667. The van der Waals surface area contributed by atoms with Gasteiger partial charge in [-0.15, -0.1) is 0 Å². The summed E-state index contributed by atoms with van der Waals surface area (Å²) >= 11 is 0. The van der Waals surface area contributed by atoms with E-state index in [0.29, 0.717) is 9.76 Å². The monoisotopic (exact) mass is 197 g/mol. The minimum Gasteiger partial charge on any atom is -0.457 e. The molecule has 0 unspecified atom stereocenters. The van der Waals surface area contributed by atoms with Crippen LogP contribution in [0.5, 0.6) is 0 Å². The lowest BCUT2D eigenvalue weighted by molar-refractivity contribution is 0.559. The van der Waals surface area contributed by atoms with Crippen LogP contribution in [-0.4, -0.2) is 20.2 Å². The molecule has 3 heteroatoms. The zero-order chi connectivity index (χ0) is 8.65. The van der Waals surface area contributed by atoms with E-state index in [0.717, 1.165) is 5.54 Å². The molecule has 0 heterocycles. The largest absolute Gasteiger partial charge is 0.457 e. The first-order chi connectivity index (χ1) is 5.93. The Bertz CT molecular complexity index is 98.7. The summed E-state index contributed by atoms with van der Waals surface area (Å²) in [5, 5.41) is 0. The van der Waals surface area contributed by atoms with Gasteiger partial charge in [0, 0.05) is 0 Å². The molecular formula is C9H17OSi2. The Labute approximate surface area is 81.8 Å². The van der Waals surface area contributed by atoms with E-state index in [2.05, 4.69) is 10.5 Å². The Morgan fingerprint density at radius 2 is 1.42 bits per heavy atom. The maximum Gasteiger partial charge on any atom is 0.229 e. The fourth-order valence-electron chi connectivity index (χ4n) is 1.83. The first kappa shape index (κ1) is 10.5. The molecule has 0 aromatic carbocycles. The molecule has 0 aliphatic heterocycles. The second kappa shape index (κ2) is 6.86. The Morgan fingerprint density at radius 3 is 1.92 bits per heavy atom. The fraction of sp³-hybridized carbons (Fsp3) is 1.00. The highest BCUT2D eigenvalue weighted by molar-refractivity contribution is 6.36. The Kier molecular flexibility index (Phi) is 5.99. The van der Waals surface area contributed by atoms with Crippen LogP contribution in [0.1, 0.15) is 51.4 Å². The van der Waals surface area contributed by atoms with Crippen molar-refractivity contribution in [3.63, 3.8) is 0 Å². The van der Waals surface area contributed by atoms with E-state index in [1.165, 1.54) is 51.4 Å². The van der Waals surface area contributed by atoms with Gasteiger partial charge in [0.15, 0.2) is 0 Å². The van der Waals surface area contributed by atoms with E-state index in [4.69, 9.17) is 4.12 Å². The highest BCUT2D eigenvalue weighted by Gasteiger charge is 2.11. The molecule has 5 radical (unpaired) electrons. The van der Waals surface area contributed by atoms with E-state index >= 15 is 0 Å². The van der Waals surface area contributed by atoms with Crippen molar-refractivity contribution in [1.82, 2.24) is 0 Å². The number of rotatable bonds is 2. The molecular weight excluding hydrogens is 180 g/mol. The first-order valence-corrected chi connectivity index (χ1v) is 6.41. The maximum atomic E-state index is 5.05. The highest BCUT2D eigenvalue weighted by atomic mass is 28.3. The first-order valence-electron chi connectivity index (χ1n) is 5.01. The Hall–Kier alpha value is 0.394. The van der Waals surface area contributed by atoms with Gasteiger partial charge in [-0.3, -0.25) is 0 Å². The molecule has 0 saturated heterocycles. The van der Waals surface area contributed by atoms with Crippen LogP contribution < -0.4 is 0 Å². The van der Waals surface area contributed by atoms with Crippen molar-refractivity contribution >= 4 is 20.2 Å². The summed E-state index contributed by atoms with van der Waals surface area (Å²) in [6.45, 7) is 0. The van der Waals surface area contributed by atoms with Crippen LogP contribution >= 0.6 is 0 Å². The van der Waals surface area contributed by atoms with Gasteiger partial charge >= 0.3 is 0 Å². The topological polar surface area (TPSA) is 9.23 Å². The second-order valence-electron chi connectivity index (χ2n) is 3.62. The van der Waals surface area contributed by atoms with Crippen LogP contribution in [-0.2, 0) is 4.12 Å². The molecule has 1 saturated carbocycles. The van der Waals surface area contributed by atoms with Gasteiger partial charge in [0.25, 0.3) is 0 Å². The van der Waals surface area contributed by atoms with E-state index in [1.54, 1.807) is 0 Å². The van der Waals surface area contributed by atoms with Crippen LogP contribution in [0, 0.1) is 0 Å². The van der Waals surface area contributed by atoms with Gasteiger partial charge in [-0.1, -0.05) is 51.4 Å². The molecule has 0 aromatic rings. The van der Waals surface area contributed by atoms with Crippen LogP contribution in [0.25, 0.3) is 0 Å². The average Bonchev–Trinajstić information content (AvgIpc) is 2.19. The molecule has 1 aliphatic rings. The summed E-state index contributed by atoms with van der Waals surface area (Å²) in [7, 11) is 3.77. The summed E-state index contributed by atoms with van der Waals surface area (Å²) in [5.74, 6) is 0. The molecule has 1 aliphatic carbocycles. The van der Waals surface area contributed by atoms with E-state index < -0.39 is 0 Å².